The summed E-state index contributed by atoms with van der Waals surface area (Å²) in [5.74, 6) is 0.127. The Morgan fingerprint density at radius 2 is 1.77 bits per heavy atom. The molecule has 0 fully saturated rings. The van der Waals surface area contributed by atoms with E-state index < -0.39 is 18.0 Å². The number of thiazole rings is 1. The highest BCUT2D eigenvalue weighted by molar-refractivity contribution is 7.07. The van der Waals surface area contributed by atoms with Crippen LogP contribution in [0.3, 0.4) is 0 Å². The van der Waals surface area contributed by atoms with Gasteiger partial charge < -0.3 is 19.0 Å². The Morgan fingerprint density at radius 3 is 2.42 bits per heavy atom. The van der Waals surface area contributed by atoms with Crippen molar-refractivity contribution in [3.8, 4) is 17.1 Å². The van der Waals surface area contributed by atoms with E-state index in [1.807, 2.05) is 19.1 Å². The average Bonchev–Trinajstić information content (AvgIpc) is 3.53. The van der Waals surface area contributed by atoms with Crippen LogP contribution in [0.5, 0.6) is 5.75 Å². The van der Waals surface area contributed by atoms with Crippen molar-refractivity contribution >= 4 is 29.4 Å². The second-order valence-electron chi connectivity index (χ2n) is 8.89. The van der Waals surface area contributed by atoms with Gasteiger partial charge in [0.1, 0.15) is 17.3 Å². The van der Waals surface area contributed by atoms with Gasteiger partial charge in [0, 0.05) is 11.6 Å². The van der Waals surface area contributed by atoms with Crippen LogP contribution in [0.25, 0.3) is 17.4 Å². The fraction of sp³-hybridized carbons (Fsp3) is 0.200. The van der Waals surface area contributed by atoms with Gasteiger partial charge in [0.05, 0.1) is 40.6 Å². The molecule has 40 heavy (non-hydrogen) atoms. The fourth-order valence-electron chi connectivity index (χ4n) is 4.51. The number of allylic oxidation sites excluding steroid dienone is 1. The number of aromatic nitrogens is 1. The first-order valence-electron chi connectivity index (χ1n) is 12.7. The van der Waals surface area contributed by atoms with Crippen LogP contribution in [0.1, 0.15) is 48.5 Å². The number of furan rings is 1. The van der Waals surface area contributed by atoms with Gasteiger partial charge in [-0.1, -0.05) is 35.6 Å². The van der Waals surface area contributed by atoms with Gasteiger partial charge in [-0.3, -0.25) is 9.36 Å². The highest BCUT2D eigenvalue weighted by Gasteiger charge is 2.33. The molecule has 0 saturated heterocycles. The first kappa shape index (κ1) is 26.9. The van der Waals surface area contributed by atoms with Crippen molar-refractivity contribution in [2.75, 3.05) is 13.2 Å². The summed E-state index contributed by atoms with van der Waals surface area (Å²) in [5.41, 5.74) is 2.07. The number of benzene rings is 2. The molecule has 5 rings (SSSR count). The molecule has 9 nitrogen and oxygen atoms in total. The predicted molar refractivity (Wildman–Crippen MR) is 149 cm³/mol. The summed E-state index contributed by atoms with van der Waals surface area (Å²) >= 11 is 1.20. The molecular formula is C30H26N2O7S. The predicted octanol–water partition coefficient (Wildman–Crippen LogP) is 4.16. The molecule has 1 N–H and O–H groups in total. The van der Waals surface area contributed by atoms with E-state index in [1.165, 1.54) is 28.0 Å². The van der Waals surface area contributed by atoms with Crippen molar-refractivity contribution < 1.29 is 28.6 Å². The largest absolute Gasteiger partial charge is 0.494 e. The number of aromatic carboxylic acids is 1. The summed E-state index contributed by atoms with van der Waals surface area (Å²) in [5, 5.41) is 9.12. The van der Waals surface area contributed by atoms with E-state index in [9.17, 15) is 14.4 Å². The van der Waals surface area contributed by atoms with Gasteiger partial charge in [0.15, 0.2) is 4.80 Å². The van der Waals surface area contributed by atoms with E-state index in [0.717, 1.165) is 5.56 Å². The Kier molecular flexibility index (Phi) is 7.52. The topological polar surface area (TPSA) is 120 Å². The average molecular weight is 559 g/mol. The molecule has 0 spiro atoms. The van der Waals surface area contributed by atoms with Crippen LogP contribution in [0.15, 0.2) is 86.1 Å². The normalized spacial score (nSPS) is 15.0. The van der Waals surface area contributed by atoms with Crippen molar-refractivity contribution in [2.45, 2.75) is 26.8 Å². The van der Waals surface area contributed by atoms with Crippen LogP contribution in [0.4, 0.5) is 0 Å². The molecule has 0 aliphatic carbocycles. The van der Waals surface area contributed by atoms with Gasteiger partial charge >= 0.3 is 11.9 Å². The minimum absolute atomic E-state index is 0.177. The highest BCUT2D eigenvalue weighted by Crippen LogP contribution is 2.31. The van der Waals surface area contributed by atoms with E-state index in [-0.39, 0.29) is 17.7 Å². The summed E-state index contributed by atoms with van der Waals surface area (Å²) < 4.78 is 18.8. The SMILES string of the molecule is CCOC(=O)C1=C(C)N=c2s/c(=C\c3ccc(-c4ccc(C(=O)O)cc4)o3)c(=O)n2C1c1ccc(OCC)cc1. The van der Waals surface area contributed by atoms with E-state index in [0.29, 0.717) is 50.0 Å². The number of nitrogens with zero attached hydrogens (tertiary/aromatic N) is 2. The number of carboxylic acid groups (broad SMARTS) is 1. The summed E-state index contributed by atoms with van der Waals surface area (Å²) in [4.78, 5) is 43.0. The van der Waals surface area contributed by atoms with E-state index in [2.05, 4.69) is 4.99 Å². The van der Waals surface area contributed by atoms with Gasteiger partial charge in [-0.2, -0.15) is 0 Å². The molecule has 0 radical (unpaired) electrons. The molecule has 2 aromatic heterocycles. The van der Waals surface area contributed by atoms with Gasteiger partial charge in [-0.05, 0) is 62.7 Å². The Hall–Kier alpha value is -4.70. The molecule has 2 aromatic carbocycles. The monoisotopic (exact) mass is 558 g/mol. The summed E-state index contributed by atoms with van der Waals surface area (Å²) in [7, 11) is 0. The number of rotatable bonds is 8. The third kappa shape index (κ3) is 5.13. The van der Waals surface area contributed by atoms with Crippen LogP contribution in [-0.2, 0) is 9.53 Å². The van der Waals surface area contributed by atoms with Crippen LogP contribution in [-0.4, -0.2) is 34.8 Å². The lowest BCUT2D eigenvalue weighted by molar-refractivity contribution is -0.139. The van der Waals surface area contributed by atoms with E-state index >= 15 is 0 Å². The standard InChI is InChI=1S/C30H26N2O7S/c1-4-37-21-12-10-19(11-13-21)26-25(29(36)38-5-2)17(3)31-30-32(26)27(33)24(40-30)16-22-14-15-23(39-22)18-6-8-20(9-7-18)28(34)35/h6-16,26H,4-5H2,1-3H3,(H,34,35)/b24-16-. The van der Waals surface area contributed by atoms with Crippen molar-refractivity contribution in [1.29, 1.82) is 0 Å². The molecule has 0 saturated carbocycles. The smallest absolute Gasteiger partial charge is 0.338 e. The van der Waals surface area contributed by atoms with Crippen LogP contribution in [0.2, 0.25) is 0 Å². The lowest BCUT2D eigenvalue weighted by Gasteiger charge is -2.24. The second-order valence-corrected chi connectivity index (χ2v) is 9.90. The van der Waals surface area contributed by atoms with Gasteiger partial charge in [0.25, 0.3) is 5.56 Å². The van der Waals surface area contributed by atoms with Crippen LogP contribution >= 0.6 is 11.3 Å². The maximum Gasteiger partial charge on any atom is 0.338 e. The quantitative estimate of drug-likeness (QED) is 0.323. The Labute approximate surface area is 232 Å². The zero-order chi connectivity index (χ0) is 28.4. The lowest BCUT2D eigenvalue weighted by atomic mass is 9.96. The Balaban J connectivity index is 1.58. The van der Waals surface area contributed by atoms with Crippen molar-refractivity contribution in [3.63, 3.8) is 0 Å². The molecule has 0 amide bonds. The maximum atomic E-state index is 13.8. The molecule has 1 atom stereocenters. The number of esters is 1. The molecule has 3 heterocycles. The van der Waals surface area contributed by atoms with Crippen molar-refractivity contribution in [3.05, 3.63) is 109 Å². The fourth-order valence-corrected chi connectivity index (χ4v) is 5.54. The highest BCUT2D eigenvalue weighted by atomic mass is 32.1. The van der Waals surface area contributed by atoms with E-state index in [4.69, 9.17) is 19.0 Å². The molecular weight excluding hydrogens is 532 g/mol. The second kappa shape index (κ2) is 11.2. The number of carbonyl (C=O) groups excluding carboxylic acids is 1. The number of carbonyl (C=O) groups is 2. The van der Waals surface area contributed by atoms with Gasteiger partial charge in [0.2, 0.25) is 0 Å². The third-order valence-electron chi connectivity index (χ3n) is 6.34. The molecule has 0 bridgehead atoms. The number of hydrogen-bond donors (Lipinski definition) is 1. The zero-order valence-electron chi connectivity index (χ0n) is 22.0. The summed E-state index contributed by atoms with van der Waals surface area (Å²) in [6.45, 7) is 6.07. The molecule has 204 valence electrons. The molecule has 4 aromatic rings. The number of fused-ring (bicyclic) bond motifs is 1. The molecule has 10 heteroatoms. The zero-order valence-corrected chi connectivity index (χ0v) is 22.9. The van der Waals surface area contributed by atoms with Crippen molar-refractivity contribution in [1.82, 2.24) is 4.57 Å². The Morgan fingerprint density at radius 1 is 1.05 bits per heavy atom. The lowest BCUT2D eigenvalue weighted by Crippen LogP contribution is -2.39. The third-order valence-corrected chi connectivity index (χ3v) is 7.32. The number of hydrogen-bond acceptors (Lipinski definition) is 8. The van der Waals surface area contributed by atoms with Crippen molar-refractivity contribution in [2.24, 2.45) is 4.99 Å². The minimum Gasteiger partial charge on any atom is -0.494 e. The first-order chi connectivity index (χ1) is 19.3. The summed E-state index contributed by atoms with van der Waals surface area (Å²) in [6.07, 6.45) is 1.64. The van der Waals surface area contributed by atoms with Gasteiger partial charge in [-0.25, -0.2) is 14.6 Å². The molecule has 1 aliphatic heterocycles. The number of ether oxygens (including phenoxy) is 2. The first-order valence-corrected chi connectivity index (χ1v) is 13.5. The number of carboxylic acids is 1. The van der Waals surface area contributed by atoms with Gasteiger partial charge in [-0.15, -0.1) is 0 Å². The van der Waals surface area contributed by atoms with Crippen LogP contribution < -0.4 is 19.6 Å². The Bertz CT molecular complexity index is 1790. The maximum absolute atomic E-state index is 13.8. The van der Waals surface area contributed by atoms with Crippen LogP contribution in [0, 0.1) is 0 Å². The summed E-state index contributed by atoms with van der Waals surface area (Å²) in [6, 6.07) is 16.4. The molecule has 1 unspecified atom stereocenters. The minimum atomic E-state index is -1.01. The van der Waals surface area contributed by atoms with E-state index in [1.54, 1.807) is 56.3 Å². The molecule has 1 aliphatic rings.